The molecule has 8 N–H and O–H groups in total. The molecule has 0 aliphatic carbocycles. The molecule has 3 aromatic rings. The van der Waals surface area contributed by atoms with Crippen LogP contribution in [0.15, 0.2) is 54.6 Å². The molecule has 3 aliphatic rings. The van der Waals surface area contributed by atoms with E-state index in [1.807, 2.05) is 0 Å². The van der Waals surface area contributed by atoms with Crippen molar-refractivity contribution in [3.63, 3.8) is 0 Å². The molecule has 304 valence electrons. The number of aliphatic hydroxyl groups excluding tert-OH is 5. The number of rotatable bonds is 14. The Labute approximate surface area is 320 Å². The largest absolute Gasteiger partial charge is 0.504 e. The maximum absolute atomic E-state index is 12.8. The molecule has 3 aliphatic heterocycles. The van der Waals surface area contributed by atoms with Gasteiger partial charge in [-0.2, -0.15) is 0 Å². The average Bonchev–Trinajstić information content (AvgIpc) is 3.71. The second kappa shape index (κ2) is 17.1. The predicted molar refractivity (Wildman–Crippen MR) is 189 cm³/mol. The van der Waals surface area contributed by atoms with Gasteiger partial charge in [-0.1, -0.05) is 6.07 Å². The van der Waals surface area contributed by atoms with E-state index in [1.54, 1.807) is 24.3 Å². The number of aromatic hydroxyl groups is 2. The molecule has 10 atom stereocenters. The molecule has 3 aromatic carbocycles. The molecule has 0 radical (unpaired) electrons. The summed E-state index contributed by atoms with van der Waals surface area (Å²) in [6.45, 7) is -2.31. The number of carbonyl (C=O) groups is 1. The fraction of sp³-hybridized carbons (Fsp3) is 0.447. The van der Waals surface area contributed by atoms with Gasteiger partial charge < -0.3 is 83.5 Å². The van der Waals surface area contributed by atoms with Gasteiger partial charge in [-0.3, -0.25) is 0 Å². The summed E-state index contributed by atoms with van der Waals surface area (Å²) in [4.78, 5) is 12.8. The molecule has 0 saturated carbocycles. The first-order valence-corrected chi connectivity index (χ1v) is 17.4. The summed E-state index contributed by atoms with van der Waals surface area (Å²) < 4.78 is 49.9. The molecule has 0 bridgehead atoms. The van der Waals surface area contributed by atoms with Gasteiger partial charge in [-0.05, 0) is 53.6 Å². The Morgan fingerprint density at radius 1 is 0.875 bits per heavy atom. The van der Waals surface area contributed by atoms with E-state index in [-0.39, 0.29) is 35.4 Å². The molecule has 2 fully saturated rings. The highest BCUT2D eigenvalue weighted by Gasteiger charge is 2.54. The molecule has 18 nitrogen and oxygen atoms in total. The van der Waals surface area contributed by atoms with Crippen molar-refractivity contribution in [1.82, 2.24) is 0 Å². The van der Waals surface area contributed by atoms with Gasteiger partial charge in [0, 0.05) is 17.7 Å². The number of benzene rings is 3. The summed E-state index contributed by atoms with van der Waals surface area (Å²) in [6.07, 6.45) is -9.41. The predicted octanol–water partition coefficient (Wildman–Crippen LogP) is 0.241. The van der Waals surface area contributed by atoms with Crippen LogP contribution in [0.2, 0.25) is 0 Å². The molecular formula is C38H44O18. The summed E-state index contributed by atoms with van der Waals surface area (Å²) in [7, 11) is 4.21. The zero-order valence-electron chi connectivity index (χ0n) is 30.5. The maximum atomic E-state index is 12.8. The zero-order valence-corrected chi connectivity index (χ0v) is 30.5. The number of fused-ring (bicyclic) bond motifs is 1. The Morgan fingerprint density at radius 2 is 1.62 bits per heavy atom. The van der Waals surface area contributed by atoms with Crippen LogP contribution >= 0.6 is 0 Å². The number of phenolic OH excluding ortho intramolecular Hbond substituents is 2. The number of ether oxygens (including phenoxy) is 9. The Hall–Kier alpha value is -4.89. The maximum Gasteiger partial charge on any atom is 0.330 e. The van der Waals surface area contributed by atoms with E-state index in [1.165, 1.54) is 51.7 Å². The van der Waals surface area contributed by atoms with Crippen molar-refractivity contribution in [2.75, 3.05) is 47.8 Å². The number of hydrogen-bond acceptors (Lipinski definition) is 18. The van der Waals surface area contributed by atoms with E-state index in [0.717, 1.165) is 6.08 Å². The van der Waals surface area contributed by atoms with Crippen molar-refractivity contribution in [2.45, 2.75) is 60.7 Å². The minimum Gasteiger partial charge on any atom is -0.504 e. The lowest BCUT2D eigenvalue weighted by molar-refractivity contribution is -0.318. The van der Waals surface area contributed by atoms with E-state index >= 15 is 0 Å². The molecule has 0 amide bonds. The van der Waals surface area contributed by atoms with Crippen molar-refractivity contribution in [1.29, 1.82) is 0 Å². The second-order valence-corrected chi connectivity index (χ2v) is 13.3. The van der Waals surface area contributed by atoms with Gasteiger partial charge >= 0.3 is 5.97 Å². The highest BCUT2D eigenvalue weighted by atomic mass is 16.8. The molecule has 3 heterocycles. The van der Waals surface area contributed by atoms with Crippen LogP contribution in [0.1, 0.15) is 28.7 Å². The van der Waals surface area contributed by atoms with E-state index in [4.69, 9.17) is 42.6 Å². The van der Waals surface area contributed by atoms with Gasteiger partial charge in [0.15, 0.2) is 52.5 Å². The third-order valence-corrected chi connectivity index (χ3v) is 9.77. The smallest absolute Gasteiger partial charge is 0.330 e. The summed E-state index contributed by atoms with van der Waals surface area (Å²) in [5, 5.41) is 83.9. The number of hydrogen-bond donors (Lipinski definition) is 8. The highest BCUT2D eigenvalue weighted by Crippen LogP contribution is 2.51. The number of methoxy groups -OCH3 is 3. The van der Waals surface area contributed by atoms with Crippen molar-refractivity contribution >= 4 is 12.0 Å². The van der Waals surface area contributed by atoms with Gasteiger partial charge in [-0.25, -0.2) is 4.79 Å². The van der Waals surface area contributed by atoms with Crippen LogP contribution in [-0.2, 0) is 23.7 Å². The third kappa shape index (κ3) is 8.15. The van der Waals surface area contributed by atoms with Gasteiger partial charge in [0.05, 0.1) is 47.1 Å². The summed E-state index contributed by atoms with van der Waals surface area (Å²) >= 11 is 0. The fourth-order valence-corrected chi connectivity index (χ4v) is 6.67. The minimum atomic E-state index is -2.17. The van der Waals surface area contributed by atoms with Crippen molar-refractivity contribution < 1.29 is 88.3 Å². The monoisotopic (exact) mass is 788 g/mol. The topological polar surface area (TPSA) is 262 Å². The summed E-state index contributed by atoms with van der Waals surface area (Å²) in [5.74, 6) is -0.635. The first-order valence-electron chi connectivity index (χ1n) is 17.4. The van der Waals surface area contributed by atoms with Gasteiger partial charge in [0.25, 0.3) is 0 Å². The number of phenols is 2. The van der Waals surface area contributed by atoms with Crippen LogP contribution in [0.5, 0.6) is 40.2 Å². The number of esters is 1. The van der Waals surface area contributed by atoms with Crippen LogP contribution < -0.4 is 23.7 Å². The van der Waals surface area contributed by atoms with E-state index < -0.39 is 86.5 Å². The van der Waals surface area contributed by atoms with Crippen molar-refractivity contribution in [3.8, 4) is 40.2 Å². The lowest BCUT2D eigenvalue weighted by atomic mass is 9.90. The molecule has 10 unspecified atom stereocenters. The van der Waals surface area contributed by atoms with Gasteiger partial charge in [-0.15, -0.1) is 0 Å². The van der Waals surface area contributed by atoms with Crippen LogP contribution in [0, 0.1) is 0 Å². The first kappa shape index (κ1) is 40.8. The van der Waals surface area contributed by atoms with Crippen LogP contribution in [-0.4, -0.2) is 143 Å². The highest BCUT2D eigenvalue weighted by molar-refractivity contribution is 5.87. The molecule has 0 aromatic heterocycles. The average molecular weight is 789 g/mol. The van der Waals surface area contributed by atoms with Crippen LogP contribution in [0.25, 0.3) is 6.08 Å². The third-order valence-electron chi connectivity index (χ3n) is 9.77. The lowest BCUT2D eigenvalue weighted by Crippen LogP contribution is -2.62. The lowest BCUT2D eigenvalue weighted by Gasteiger charge is -2.42. The normalized spacial score (nSPS) is 29.8. The SMILES string of the molecule is COc1ccc(OC2OC(CO)C(O)C(O)C2OC2OCC(O)(COC(=O)C=Cc3cc(OC)c4c(c3)C(CO)C(c3ccc(O)c(OC)c3)O4)C2O)cc1O. The molecule has 18 heteroatoms. The molecule has 6 rings (SSSR count). The molecule has 56 heavy (non-hydrogen) atoms. The standard InChI is InChI=1S/C38H44O18/c1-48-25-8-6-20(13-24(25)42)53-36-34(31(45)30(44)28(15-40)54-36)56-37-35(46)38(47,17-52-37)16-51-29(43)9-4-18-10-21-22(14-39)32(55-33(21)27(11-18)50-3)19-5-7-23(41)26(12-19)49-2/h4-13,22,28,30-32,34-37,39-42,44-47H,14-17H2,1-3H3. The number of carbonyl (C=O) groups excluding carboxylic acids is 1. The van der Waals surface area contributed by atoms with E-state index in [9.17, 15) is 45.6 Å². The van der Waals surface area contributed by atoms with E-state index in [2.05, 4.69) is 0 Å². The van der Waals surface area contributed by atoms with Gasteiger partial charge in [0.2, 0.25) is 6.29 Å². The fourth-order valence-electron chi connectivity index (χ4n) is 6.67. The van der Waals surface area contributed by atoms with Crippen LogP contribution in [0.3, 0.4) is 0 Å². The Morgan fingerprint density at radius 3 is 2.30 bits per heavy atom. The minimum absolute atomic E-state index is 0.0331. The quantitative estimate of drug-likeness (QED) is 0.0804. The Bertz CT molecular complexity index is 1890. The van der Waals surface area contributed by atoms with Gasteiger partial charge in [0.1, 0.15) is 42.9 Å². The molecule has 0 spiro atoms. The number of aliphatic hydroxyl groups is 6. The van der Waals surface area contributed by atoms with Crippen LogP contribution in [0.4, 0.5) is 0 Å². The second-order valence-electron chi connectivity index (χ2n) is 13.3. The van der Waals surface area contributed by atoms with Crippen molar-refractivity contribution in [2.24, 2.45) is 0 Å². The van der Waals surface area contributed by atoms with Crippen molar-refractivity contribution in [3.05, 3.63) is 71.3 Å². The summed E-state index contributed by atoms with van der Waals surface area (Å²) in [5.41, 5.74) is -0.445. The Balaban J connectivity index is 1.10. The first-order chi connectivity index (χ1) is 26.8. The molecular weight excluding hydrogens is 744 g/mol. The Kier molecular flexibility index (Phi) is 12.4. The zero-order chi connectivity index (χ0) is 40.3. The summed E-state index contributed by atoms with van der Waals surface area (Å²) in [6, 6.07) is 12.1. The molecule has 2 saturated heterocycles. The van der Waals surface area contributed by atoms with E-state index in [0.29, 0.717) is 28.2 Å².